The van der Waals surface area contributed by atoms with Gasteiger partial charge in [0.25, 0.3) is 5.56 Å². The highest BCUT2D eigenvalue weighted by Crippen LogP contribution is 2.43. The summed E-state index contributed by atoms with van der Waals surface area (Å²) in [4.78, 5) is 34.9. The Morgan fingerprint density at radius 2 is 1.93 bits per heavy atom. The molecule has 46 heavy (non-hydrogen) atoms. The zero-order chi connectivity index (χ0) is 33.8. The smallest absolute Gasteiger partial charge is 0.276 e. The highest BCUT2D eigenvalue weighted by molar-refractivity contribution is 6.38. The number of carbonyl (C=O) groups excluding carboxylic acids is 1. The van der Waals surface area contributed by atoms with E-state index < -0.39 is 45.3 Å². The summed E-state index contributed by atoms with van der Waals surface area (Å²) >= 11 is 12.9. The van der Waals surface area contributed by atoms with Crippen LogP contribution < -0.4 is 21.5 Å². The van der Waals surface area contributed by atoms with Crippen LogP contribution in [0, 0.1) is 34.7 Å². The number of dihydropyridines is 1. The van der Waals surface area contributed by atoms with Crippen LogP contribution in [0.25, 0.3) is 28.0 Å². The van der Waals surface area contributed by atoms with Gasteiger partial charge in [-0.2, -0.15) is 5.26 Å². The molecular weight excluding hydrogens is 642 g/mol. The summed E-state index contributed by atoms with van der Waals surface area (Å²) < 4.78 is 45.5. The number of nitrogens with zero attached hydrogens (tertiary/aromatic N) is 5. The molecule has 3 N–H and O–H groups in total. The molecule has 4 heterocycles. The predicted octanol–water partition coefficient (Wildman–Crippen LogP) is 5.84. The maximum absolute atomic E-state index is 15.4. The molecule has 0 bridgehead atoms. The predicted molar refractivity (Wildman–Crippen MR) is 174 cm³/mol. The van der Waals surface area contributed by atoms with E-state index in [1.807, 2.05) is 20.8 Å². The molecule has 1 amide bonds. The average Bonchev–Trinajstić information content (AvgIpc) is 3.02. The molecule has 1 fully saturated rings. The van der Waals surface area contributed by atoms with Gasteiger partial charge in [0.1, 0.15) is 17.3 Å². The number of aromatic nitrogens is 2. The number of nitriles is 1. The fourth-order valence-electron chi connectivity index (χ4n) is 6.07. The average molecular weight is 673 g/mol. The van der Waals surface area contributed by atoms with E-state index in [4.69, 9.17) is 28.9 Å². The van der Waals surface area contributed by atoms with Crippen molar-refractivity contribution in [3.05, 3.63) is 80.0 Å². The van der Waals surface area contributed by atoms with Crippen molar-refractivity contribution >= 4 is 57.2 Å². The summed E-state index contributed by atoms with van der Waals surface area (Å²) in [5.74, 6) is -5.50. The Bertz CT molecular complexity index is 1950. The molecule has 1 aromatic carbocycles. The van der Waals surface area contributed by atoms with Crippen molar-refractivity contribution in [2.75, 3.05) is 30.3 Å². The van der Waals surface area contributed by atoms with Crippen molar-refractivity contribution in [2.24, 2.45) is 5.92 Å². The molecule has 0 saturated carbocycles. The van der Waals surface area contributed by atoms with Crippen LogP contribution >= 0.6 is 23.2 Å². The third-order valence-electron chi connectivity index (χ3n) is 8.34. The molecule has 14 heteroatoms. The standard InChI is InChI=1S/C32H30Cl2F3N7O2/c1-6-20(45)43-10-9-42(13-16(43)5)30-17-11-19(33)28(21-22(34)26(39)25(37)24(36)23(21)35)41-31(17)44(32(46)18(30)12-38)29-15(4)7-8-40-27(29)14(2)3/h6-8,11,14,16,27,40H,1,9-10,13,39H2,2-5H3/t16-,27?/m1/s1. The number of nitrogens with two attached hydrogens (primary N) is 1. The van der Waals surface area contributed by atoms with E-state index in [1.165, 1.54) is 16.7 Å². The second-order valence-electron chi connectivity index (χ2n) is 11.5. The second kappa shape index (κ2) is 12.4. The first kappa shape index (κ1) is 32.9. The number of piperazine rings is 1. The van der Waals surface area contributed by atoms with Gasteiger partial charge in [0.15, 0.2) is 17.5 Å². The van der Waals surface area contributed by atoms with E-state index in [1.54, 1.807) is 29.0 Å². The number of hydrogen-bond acceptors (Lipinski definition) is 7. The number of hydrogen-bond donors (Lipinski definition) is 2. The van der Waals surface area contributed by atoms with Gasteiger partial charge in [-0.3, -0.25) is 14.2 Å². The number of carbonyl (C=O) groups is 1. The number of anilines is 2. The lowest BCUT2D eigenvalue weighted by Gasteiger charge is -2.41. The Hall–Kier alpha value is -4.47. The lowest BCUT2D eigenvalue weighted by molar-refractivity contribution is -0.128. The van der Waals surface area contributed by atoms with Crippen molar-refractivity contribution in [3.8, 4) is 17.3 Å². The molecule has 240 valence electrons. The molecule has 5 rings (SSSR count). The Balaban J connectivity index is 1.91. The van der Waals surface area contributed by atoms with Crippen molar-refractivity contribution in [2.45, 2.75) is 39.8 Å². The molecule has 3 aromatic rings. The number of halogens is 5. The topological polar surface area (TPSA) is 120 Å². The van der Waals surface area contributed by atoms with Crippen LogP contribution in [0.1, 0.15) is 33.3 Å². The van der Waals surface area contributed by atoms with Crippen LogP contribution in [-0.4, -0.2) is 52.1 Å². The van der Waals surface area contributed by atoms with E-state index in [-0.39, 0.29) is 70.5 Å². The molecule has 2 aliphatic rings. The number of nitrogen functional groups attached to an aromatic ring is 1. The lowest BCUT2D eigenvalue weighted by atomic mass is 9.94. The summed E-state index contributed by atoms with van der Waals surface area (Å²) in [7, 11) is 0. The lowest BCUT2D eigenvalue weighted by Crippen LogP contribution is -2.54. The number of nitrogens with one attached hydrogen (secondary N) is 1. The van der Waals surface area contributed by atoms with Crippen LogP contribution in [0.15, 0.2) is 41.4 Å². The van der Waals surface area contributed by atoms with Crippen LogP contribution in [-0.2, 0) is 4.79 Å². The Morgan fingerprint density at radius 3 is 2.54 bits per heavy atom. The first-order valence-electron chi connectivity index (χ1n) is 14.4. The Labute approximate surface area is 273 Å². The number of fused-ring (bicyclic) bond motifs is 1. The summed E-state index contributed by atoms with van der Waals surface area (Å²) in [6.07, 6.45) is 4.72. The van der Waals surface area contributed by atoms with E-state index >= 15 is 4.39 Å². The monoisotopic (exact) mass is 671 g/mol. The highest BCUT2D eigenvalue weighted by Gasteiger charge is 2.34. The quantitative estimate of drug-likeness (QED) is 0.151. The zero-order valence-electron chi connectivity index (χ0n) is 25.4. The fourth-order valence-corrected chi connectivity index (χ4v) is 6.57. The highest BCUT2D eigenvalue weighted by atomic mass is 35.5. The van der Waals surface area contributed by atoms with Gasteiger partial charge in [-0.1, -0.05) is 43.6 Å². The third-order valence-corrected chi connectivity index (χ3v) is 9.02. The van der Waals surface area contributed by atoms with Gasteiger partial charge < -0.3 is 20.9 Å². The first-order valence-corrected chi connectivity index (χ1v) is 15.1. The molecule has 0 spiro atoms. The number of amides is 1. The van der Waals surface area contributed by atoms with Gasteiger partial charge in [-0.25, -0.2) is 18.2 Å². The van der Waals surface area contributed by atoms with Gasteiger partial charge >= 0.3 is 0 Å². The van der Waals surface area contributed by atoms with E-state index in [0.29, 0.717) is 11.3 Å². The molecule has 2 atom stereocenters. The second-order valence-corrected chi connectivity index (χ2v) is 12.3. The number of benzene rings is 1. The molecule has 9 nitrogen and oxygen atoms in total. The van der Waals surface area contributed by atoms with Crippen LogP contribution in [0.2, 0.25) is 10.0 Å². The minimum Gasteiger partial charge on any atom is -0.395 e. The molecule has 2 aromatic heterocycles. The van der Waals surface area contributed by atoms with Crippen LogP contribution in [0.4, 0.5) is 24.5 Å². The van der Waals surface area contributed by atoms with Crippen molar-refractivity contribution < 1.29 is 18.0 Å². The minimum absolute atomic E-state index is 0.0356. The molecule has 0 radical (unpaired) electrons. The fraction of sp³-hybridized carbons (Fsp3) is 0.312. The van der Waals surface area contributed by atoms with Crippen LogP contribution in [0.3, 0.4) is 0 Å². The summed E-state index contributed by atoms with van der Waals surface area (Å²) in [5.41, 5.74) is 4.17. The van der Waals surface area contributed by atoms with Gasteiger partial charge in [-0.05, 0) is 49.8 Å². The van der Waals surface area contributed by atoms with Gasteiger partial charge in [0.2, 0.25) is 5.91 Å². The van der Waals surface area contributed by atoms with Gasteiger partial charge in [-0.15, -0.1) is 0 Å². The van der Waals surface area contributed by atoms with Gasteiger partial charge in [0.05, 0.1) is 44.4 Å². The summed E-state index contributed by atoms with van der Waals surface area (Å²) in [6, 6.07) is 2.70. The van der Waals surface area contributed by atoms with Crippen molar-refractivity contribution in [1.82, 2.24) is 19.8 Å². The largest absolute Gasteiger partial charge is 0.395 e. The van der Waals surface area contributed by atoms with Crippen molar-refractivity contribution in [1.29, 1.82) is 5.26 Å². The molecular formula is C32H30Cl2F3N7O2. The maximum Gasteiger partial charge on any atom is 0.276 e. The normalized spacial score (nSPS) is 18.3. The summed E-state index contributed by atoms with van der Waals surface area (Å²) in [6.45, 7) is 11.8. The molecule has 2 aliphatic heterocycles. The Kier molecular flexibility index (Phi) is 8.86. The first-order chi connectivity index (χ1) is 21.7. The number of pyridine rings is 2. The minimum atomic E-state index is -1.87. The Morgan fingerprint density at radius 1 is 1.24 bits per heavy atom. The SMILES string of the molecule is C=CC(=O)N1CCN(c2c(C#N)c(=O)n(C3=C(C)C=CNC3C(C)C)c3nc(-c4c(F)c(F)c(F)c(N)c4Cl)c(Cl)cc23)C[C@H]1C. The molecule has 1 saturated heterocycles. The van der Waals surface area contributed by atoms with E-state index in [9.17, 15) is 23.6 Å². The third kappa shape index (κ3) is 5.17. The van der Waals surface area contributed by atoms with E-state index in [2.05, 4.69) is 22.9 Å². The van der Waals surface area contributed by atoms with Crippen molar-refractivity contribution in [3.63, 3.8) is 0 Å². The molecule has 1 unspecified atom stereocenters. The summed E-state index contributed by atoms with van der Waals surface area (Å²) in [5, 5.41) is 13.1. The number of allylic oxidation sites excluding steroid dienone is 2. The maximum atomic E-state index is 15.4. The van der Waals surface area contributed by atoms with Gasteiger partial charge in [0, 0.05) is 31.1 Å². The van der Waals surface area contributed by atoms with E-state index in [0.717, 1.165) is 0 Å². The zero-order valence-corrected chi connectivity index (χ0v) is 26.9. The number of rotatable bonds is 5. The molecule has 0 aliphatic carbocycles. The van der Waals surface area contributed by atoms with Crippen LogP contribution in [0.5, 0.6) is 0 Å².